The standard InChI is InChI=1S/C12H13N/c1-8-7-13-11-4-2-3-10(12(8)11)9-5-6-9/h2-4,7,9,13H,5-6H2,1H3. The summed E-state index contributed by atoms with van der Waals surface area (Å²) in [4.78, 5) is 3.31. The number of aryl methyl sites for hydroxylation is 1. The van der Waals surface area contributed by atoms with E-state index in [2.05, 4.69) is 36.3 Å². The van der Waals surface area contributed by atoms with Crippen LogP contribution in [0.25, 0.3) is 10.9 Å². The second kappa shape index (κ2) is 2.38. The van der Waals surface area contributed by atoms with Gasteiger partial charge in [-0.3, -0.25) is 0 Å². The van der Waals surface area contributed by atoms with E-state index < -0.39 is 0 Å². The molecule has 2 aromatic rings. The van der Waals surface area contributed by atoms with Gasteiger partial charge in [-0.1, -0.05) is 12.1 Å². The van der Waals surface area contributed by atoms with Crippen LogP contribution in [0.3, 0.4) is 0 Å². The predicted octanol–water partition coefficient (Wildman–Crippen LogP) is 3.35. The van der Waals surface area contributed by atoms with Gasteiger partial charge in [0.2, 0.25) is 0 Å². The smallest absolute Gasteiger partial charge is 0.0459 e. The lowest BCUT2D eigenvalue weighted by Gasteiger charge is -2.01. The van der Waals surface area contributed by atoms with Crippen LogP contribution >= 0.6 is 0 Å². The van der Waals surface area contributed by atoms with Crippen molar-refractivity contribution in [3.05, 3.63) is 35.5 Å². The fraction of sp³-hybridized carbons (Fsp3) is 0.333. The van der Waals surface area contributed by atoms with Crippen LogP contribution in [0.5, 0.6) is 0 Å². The van der Waals surface area contributed by atoms with Crippen LogP contribution in [0.1, 0.15) is 29.9 Å². The molecule has 13 heavy (non-hydrogen) atoms. The van der Waals surface area contributed by atoms with Gasteiger partial charge in [0.25, 0.3) is 0 Å². The number of benzene rings is 1. The Morgan fingerprint density at radius 1 is 1.31 bits per heavy atom. The largest absolute Gasteiger partial charge is 0.361 e. The number of aromatic nitrogens is 1. The third kappa shape index (κ3) is 0.998. The number of rotatable bonds is 1. The van der Waals surface area contributed by atoms with Crippen LogP contribution in [-0.4, -0.2) is 4.98 Å². The number of H-pyrrole nitrogens is 1. The molecule has 1 fully saturated rings. The Morgan fingerprint density at radius 3 is 2.92 bits per heavy atom. The summed E-state index contributed by atoms with van der Waals surface area (Å²) in [6, 6.07) is 6.60. The molecule has 0 aliphatic heterocycles. The molecule has 0 amide bonds. The summed E-state index contributed by atoms with van der Waals surface area (Å²) >= 11 is 0. The Kier molecular flexibility index (Phi) is 1.32. The van der Waals surface area contributed by atoms with Crippen molar-refractivity contribution >= 4 is 10.9 Å². The second-order valence-corrected chi connectivity index (χ2v) is 4.02. The minimum Gasteiger partial charge on any atom is -0.361 e. The van der Waals surface area contributed by atoms with Gasteiger partial charge in [-0.15, -0.1) is 0 Å². The predicted molar refractivity (Wildman–Crippen MR) is 55.0 cm³/mol. The second-order valence-electron chi connectivity index (χ2n) is 4.02. The Morgan fingerprint density at radius 2 is 2.15 bits per heavy atom. The molecule has 0 bridgehead atoms. The first-order chi connectivity index (χ1) is 6.36. The summed E-state index contributed by atoms with van der Waals surface area (Å²) in [6.07, 6.45) is 4.87. The third-order valence-corrected chi connectivity index (χ3v) is 2.95. The van der Waals surface area contributed by atoms with Gasteiger partial charge in [-0.2, -0.15) is 0 Å². The molecular formula is C12H13N. The molecule has 66 valence electrons. The Hall–Kier alpha value is -1.24. The van der Waals surface area contributed by atoms with Gasteiger partial charge in [0, 0.05) is 17.1 Å². The highest BCUT2D eigenvalue weighted by atomic mass is 14.7. The van der Waals surface area contributed by atoms with Crippen LogP contribution in [-0.2, 0) is 0 Å². The first kappa shape index (κ1) is 7.19. The van der Waals surface area contributed by atoms with Crippen LogP contribution in [0.15, 0.2) is 24.4 Å². The monoisotopic (exact) mass is 171 g/mol. The fourth-order valence-corrected chi connectivity index (χ4v) is 2.12. The molecule has 1 aromatic carbocycles. The lowest BCUT2D eigenvalue weighted by molar-refractivity contribution is 1.15. The quantitative estimate of drug-likeness (QED) is 0.677. The van der Waals surface area contributed by atoms with E-state index in [1.54, 1.807) is 5.56 Å². The molecule has 1 aromatic heterocycles. The number of aromatic amines is 1. The van der Waals surface area contributed by atoms with E-state index in [4.69, 9.17) is 0 Å². The van der Waals surface area contributed by atoms with Crippen LogP contribution < -0.4 is 0 Å². The molecule has 1 nitrogen and oxygen atoms in total. The van der Waals surface area contributed by atoms with Crippen molar-refractivity contribution < 1.29 is 0 Å². The van der Waals surface area contributed by atoms with Crippen molar-refractivity contribution in [3.8, 4) is 0 Å². The Labute approximate surface area is 77.8 Å². The first-order valence-corrected chi connectivity index (χ1v) is 4.93. The third-order valence-electron chi connectivity index (χ3n) is 2.95. The van der Waals surface area contributed by atoms with Crippen molar-refractivity contribution in [1.29, 1.82) is 0 Å². The Bertz CT molecular complexity index is 449. The molecule has 0 saturated heterocycles. The van der Waals surface area contributed by atoms with Gasteiger partial charge in [-0.25, -0.2) is 0 Å². The van der Waals surface area contributed by atoms with Gasteiger partial charge >= 0.3 is 0 Å². The van der Waals surface area contributed by atoms with Gasteiger partial charge in [0.15, 0.2) is 0 Å². The highest BCUT2D eigenvalue weighted by Crippen LogP contribution is 2.43. The van der Waals surface area contributed by atoms with E-state index in [9.17, 15) is 0 Å². The fourth-order valence-electron chi connectivity index (χ4n) is 2.12. The average molecular weight is 171 g/mol. The summed E-state index contributed by atoms with van der Waals surface area (Å²) in [5.74, 6) is 0.846. The normalized spacial score (nSPS) is 16.7. The van der Waals surface area contributed by atoms with E-state index in [0.717, 1.165) is 5.92 Å². The van der Waals surface area contributed by atoms with E-state index >= 15 is 0 Å². The van der Waals surface area contributed by atoms with Gasteiger partial charge in [0.1, 0.15) is 0 Å². The molecule has 1 aliphatic carbocycles. The minimum atomic E-state index is 0.846. The number of nitrogens with one attached hydrogen (secondary N) is 1. The van der Waals surface area contributed by atoms with Crippen molar-refractivity contribution in [3.63, 3.8) is 0 Å². The molecule has 0 atom stereocenters. The average Bonchev–Trinajstić information content (AvgIpc) is 2.92. The van der Waals surface area contributed by atoms with Crippen LogP contribution in [0.2, 0.25) is 0 Å². The topological polar surface area (TPSA) is 15.8 Å². The van der Waals surface area contributed by atoms with Crippen LogP contribution in [0.4, 0.5) is 0 Å². The zero-order chi connectivity index (χ0) is 8.84. The SMILES string of the molecule is Cc1c[nH]c2cccc(C3CC3)c12. The van der Waals surface area contributed by atoms with E-state index in [0.29, 0.717) is 0 Å². The molecule has 1 aliphatic rings. The van der Waals surface area contributed by atoms with Crippen molar-refractivity contribution in [2.75, 3.05) is 0 Å². The van der Waals surface area contributed by atoms with E-state index in [1.165, 1.54) is 29.3 Å². The van der Waals surface area contributed by atoms with Crippen molar-refractivity contribution in [1.82, 2.24) is 4.98 Å². The summed E-state index contributed by atoms with van der Waals surface area (Å²) in [7, 11) is 0. The summed E-state index contributed by atoms with van der Waals surface area (Å²) in [6.45, 7) is 2.19. The highest BCUT2D eigenvalue weighted by Gasteiger charge is 2.25. The molecule has 0 unspecified atom stereocenters. The van der Waals surface area contributed by atoms with Gasteiger partial charge in [0.05, 0.1) is 0 Å². The molecule has 1 N–H and O–H groups in total. The zero-order valence-electron chi connectivity index (χ0n) is 7.80. The van der Waals surface area contributed by atoms with Crippen LogP contribution in [0, 0.1) is 6.92 Å². The van der Waals surface area contributed by atoms with Gasteiger partial charge < -0.3 is 4.98 Å². The molecule has 1 heteroatoms. The van der Waals surface area contributed by atoms with E-state index in [1.807, 2.05) is 0 Å². The molecule has 1 saturated carbocycles. The maximum atomic E-state index is 3.31. The first-order valence-electron chi connectivity index (χ1n) is 4.93. The molecule has 0 radical (unpaired) electrons. The molecular weight excluding hydrogens is 158 g/mol. The lowest BCUT2D eigenvalue weighted by Crippen LogP contribution is -1.81. The van der Waals surface area contributed by atoms with Gasteiger partial charge in [-0.05, 0) is 42.9 Å². The minimum absolute atomic E-state index is 0.846. The summed E-state index contributed by atoms with van der Waals surface area (Å²) < 4.78 is 0. The lowest BCUT2D eigenvalue weighted by atomic mass is 10.0. The number of hydrogen-bond donors (Lipinski definition) is 1. The molecule has 1 heterocycles. The highest BCUT2D eigenvalue weighted by molar-refractivity contribution is 5.87. The summed E-state index contributed by atoms with van der Waals surface area (Å²) in [5, 5.41) is 1.46. The van der Waals surface area contributed by atoms with Crippen molar-refractivity contribution in [2.45, 2.75) is 25.7 Å². The molecule has 3 rings (SSSR count). The number of fused-ring (bicyclic) bond motifs is 1. The van der Waals surface area contributed by atoms with Crippen molar-refractivity contribution in [2.24, 2.45) is 0 Å². The Balaban J connectivity index is 2.36. The van der Waals surface area contributed by atoms with E-state index in [-0.39, 0.29) is 0 Å². The number of hydrogen-bond acceptors (Lipinski definition) is 0. The maximum Gasteiger partial charge on any atom is 0.0459 e. The molecule has 0 spiro atoms. The zero-order valence-corrected chi connectivity index (χ0v) is 7.80. The summed E-state index contributed by atoms with van der Waals surface area (Å²) in [5.41, 5.74) is 4.23. The maximum absolute atomic E-state index is 3.31.